The zero-order valence-electron chi connectivity index (χ0n) is 12.6. The minimum absolute atomic E-state index is 0.414. The molecule has 0 saturated carbocycles. The van der Waals surface area contributed by atoms with Crippen LogP contribution in [-0.4, -0.2) is 7.11 Å². The van der Waals surface area contributed by atoms with Crippen molar-refractivity contribution in [1.29, 1.82) is 0 Å². The van der Waals surface area contributed by atoms with E-state index in [1.807, 2.05) is 0 Å². The molecule has 0 fully saturated rings. The quantitative estimate of drug-likeness (QED) is 0.691. The van der Waals surface area contributed by atoms with Crippen LogP contribution in [0.5, 0.6) is 5.75 Å². The molecule has 0 spiro atoms. The van der Waals surface area contributed by atoms with Gasteiger partial charge in [-0.3, -0.25) is 0 Å². The number of hydrogen-bond donors (Lipinski definition) is 0. The Bertz CT molecular complexity index is 635. The van der Waals surface area contributed by atoms with Gasteiger partial charge in [0.2, 0.25) is 0 Å². The van der Waals surface area contributed by atoms with Gasteiger partial charge in [-0.1, -0.05) is 46.3 Å². The van der Waals surface area contributed by atoms with Gasteiger partial charge in [0.25, 0.3) is 0 Å². The van der Waals surface area contributed by atoms with Crippen LogP contribution in [0.25, 0.3) is 0 Å². The summed E-state index contributed by atoms with van der Waals surface area (Å²) in [5.41, 5.74) is 5.74. The van der Waals surface area contributed by atoms with E-state index in [0.717, 1.165) is 12.2 Å². The van der Waals surface area contributed by atoms with Gasteiger partial charge in [-0.25, -0.2) is 0 Å². The summed E-state index contributed by atoms with van der Waals surface area (Å²) in [7, 11) is 1.72. The Morgan fingerprint density at radius 1 is 1.14 bits per heavy atom. The van der Waals surface area contributed by atoms with Crippen LogP contribution in [0.1, 0.15) is 33.5 Å². The number of alkyl halides is 1. The molecule has 1 aliphatic carbocycles. The number of halogens is 1. The van der Waals surface area contributed by atoms with E-state index in [1.165, 1.54) is 35.1 Å². The molecular weight excluding hydrogens is 324 g/mol. The van der Waals surface area contributed by atoms with Crippen molar-refractivity contribution < 1.29 is 4.74 Å². The molecule has 0 heterocycles. The third kappa shape index (κ3) is 3.01. The van der Waals surface area contributed by atoms with Crippen LogP contribution in [-0.2, 0) is 12.8 Å². The molecule has 21 heavy (non-hydrogen) atoms. The lowest BCUT2D eigenvalue weighted by atomic mass is 9.80. The predicted octanol–water partition coefficient (Wildman–Crippen LogP) is 5.24. The number of aryl methyl sites for hydroxylation is 2. The first kappa shape index (κ1) is 14.6. The first-order valence-corrected chi connectivity index (χ1v) is 8.46. The zero-order valence-corrected chi connectivity index (χ0v) is 14.2. The van der Waals surface area contributed by atoms with Crippen LogP contribution in [0.15, 0.2) is 42.5 Å². The minimum Gasteiger partial charge on any atom is -0.497 e. The van der Waals surface area contributed by atoms with Crippen molar-refractivity contribution in [3.63, 3.8) is 0 Å². The van der Waals surface area contributed by atoms with Crippen LogP contribution >= 0.6 is 15.9 Å². The van der Waals surface area contributed by atoms with Gasteiger partial charge in [0.05, 0.1) is 7.11 Å². The summed E-state index contributed by atoms with van der Waals surface area (Å²) in [6.07, 6.45) is 3.61. The maximum absolute atomic E-state index is 5.31. The molecule has 2 atom stereocenters. The highest BCUT2D eigenvalue weighted by Gasteiger charge is 2.26. The van der Waals surface area contributed by atoms with Gasteiger partial charge in [-0.2, -0.15) is 0 Å². The van der Waals surface area contributed by atoms with Crippen molar-refractivity contribution >= 4 is 15.9 Å². The molecule has 0 bridgehead atoms. The standard InChI is InChI=1S/C19H21BrO/c1-13-11-17(21-2)9-10-18(13)19(20)16-8-7-14-5-3-4-6-15(14)12-16/h3-6,9-11,16,19H,7-8,12H2,1-2H3. The maximum atomic E-state index is 5.31. The zero-order chi connectivity index (χ0) is 14.8. The Hall–Kier alpha value is -1.28. The normalized spacial score (nSPS) is 18.9. The van der Waals surface area contributed by atoms with E-state index < -0.39 is 0 Å². The molecule has 0 N–H and O–H groups in total. The van der Waals surface area contributed by atoms with Crippen molar-refractivity contribution in [3.8, 4) is 5.75 Å². The molecule has 2 heteroatoms. The number of rotatable bonds is 3. The highest BCUT2D eigenvalue weighted by molar-refractivity contribution is 9.09. The van der Waals surface area contributed by atoms with Crippen LogP contribution in [0.4, 0.5) is 0 Å². The number of benzene rings is 2. The van der Waals surface area contributed by atoms with Crippen LogP contribution in [0.3, 0.4) is 0 Å². The summed E-state index contributed by atoms with van der Waals surface area (Å²) in [6, 6.07) is 15.2. The first-order chi connectivity index (χ1) is 10.2. The van der Waals surface area contributed by atoms with Gasteiger partial charge in [-0.15, -0.1) is 0 Å². The Labute approximate surface area is 135 Å². The highest BCUT2D eigenvalue weighted by Crippen LogP contribution is 2.41. The molecule has 1 aliphatic rings. The monoisotopic (exact) mass is 344 g/mol. The van der Waals surface area contributed by atoms with E-state index in [-0.39, 0.29) is 0 Å². The van der Waals surface area contributed by atoms with E-state index in [9.17, 15) is 0 Å². The molecule has 1 nitrogen and oxygen atoms in total. The van der Waals surface area contributed by atoms with Crippen molar-refractivity contribution in [2.24, 2.45) is 5.92 Å². The lowest BCUT2D eigenvalue weighted by Crippen LogP contribution is -2.18. The van der Waals surface area contributed by atoms with Gasteiger partial charge in [0.15, 0.2) is 0 Å². The Balaban J connectivity index is 1.82. The fraction of sp³-hybridized carbons (Fsp3) is 0.368. The number of hydrogen-bond acceptors (Lipinski definition) is 1. The fourth-order valence-corrected chi connectivity index (χ4v) is 4.28. The van der Waals surface area contributed by atoms with Crippen molar-refractivity contribution in [2.75, 3.05) is 7.11 Å². The third-order valence-electron chi connectivity index (χ3n) is 4.57. The summed E-state index contributed by atoms with van der Waals surface area (Å²) in [5, 5.41) is 0. The van der Waals surface area contributed by atoms with Crippen LogP contribution < -0.4 is 4.74 Å². The Morgan fingerprint density at radius 2 is 1.90 bits per heavy atom. The fourth-order valence-electron chi connectivity index (χ4n) is 3.31. The average Bonchev–Trinajstić information content (AvgIpc) is 2.53. The second-order valence-corrected chi connectivity index (χ2v) is 6.88. The molecule has 0 amide bonds. The Kier molecular flexibility index (Phi) is 4.34. The smallest absolute Gasteiger partial charge is 0.119 e. The summed E-state index contributed by atoms with van der Waals surface area (Å²) in [5.74, 6) is 1.59. The number of fused-ring (bicyclic) bond motifs is 1. The van der Waals surface area contributed by atoms with E-state index in [0.29, 0.717) is 10.7 Å². The molecule has 0 aromatic heterocycles. The molecule has 0 saturated heterocycles. The molecule has 110 valence electrons. The summed E-state index contributed by atoms with van der Waals surface area (Å²) >= 11 is 3.96. The second-order valence-electron chi connectivity index (χ2n) is 5.90. The molecule has 2 aromatic carbocycles. The van der Waals surface area contributed by atoms with Gasteiger partial charge in [0.1, 0.15) is 5.75 Å². The summed E-state index contributed by atoms with van der Waals surface area (Å²) in [6.45, 7) is 2.17. The highest BCUT2D eigenvalue weighted by atomic mass is 79.9. The van der Waals surface area contributed by atoms with Crippen molar-refractivity contribution in [1.82, 2.24) is 0 Å². The third-order valence-corrected chi connectivity index (χ3v) is 5.81. The van der Waals surface area contributed by atoms with Crippen molar-refractivity contribution in [2.45, 2.75) is 31.0 Å². The van der Waals surface area contributed by atoms with E-state index in [2.05, 4.69) is 65.3 Å². The molecule has 2 aromatic rings. The second kappa shape index (κ2) is 6.23. The van der Waals surface area contributed by atoms with Crippen molar-refractivity contribution in [3.05, 3.63) is 64.7 Å². The molecule has 2 unspecified atom stereocenters. The van der Waals surface area contributed by atoms with E-state index in [4.69, 9.17) is 4.74 Å². The maximum Gasteiger partial charge on any atom is 0.119 e. The van der Waals surface area contributed by atoms with Gasteiger partial charge in [-0.05, 0) is 66.5 Å². The largest absolute Gasteiger partial charge is 0.497 e. The van der Waals surface area contributed by atoms with Gasteiger partial charge in [0, 0.05) is 4.83 Å². The van der Waals surface area contributed by atoms with Crippen LogP contribution in [0, 0.1) is 12.8 Å². The predicted molar refractivity (Wildman–Crippen MR) is 91.4 cm³/mol. The molecule has 0 aliphatic heterocycles. The minimum atomic E-state index is 0.414. The molecule has 0 radical (unpaired) electrons. The summed E-state index contributed by atoms with van der Waals surface area (Å²) < 4.78 is 5.31. The average molecular weight is 345 g/mol. The SMILES string of the molecule is COc1ccc(C(Br)C2CCc3ccccc3C2)c(C)c1. The molecular formula is C19H21BrO. The van der Waals surface area contributed by atoms with Gasteiger partial charge >= 0.3 is 0 Å². The lowest BCUT2D eigenvalue weighted by Gasteiger charge is -2.29. The molecule has 3 rings (SSSR count). The first-order valence-electron chi connectivity index (χ1n) is 7.54. The number of ether oxygens (including phenoxy) is 1. The van der Waals surface area contributed by atoms with Crippen LogP contribution in [0.2, 0.25) is 0 Å². The lowest BCUT2D eigenvalue weighted by molar-refractivity contribution is 0.413. The van der Waals surface area contributed by atoms with E-state index >= 15 is 0 Å². The van der Waals surface area contributed by atoms with Gasteiger partial charge < -0.3 is 4.74 Å². The Morgan fingerprint density at radius 3 is 2.62 bits per heavy atom. The topological polar surface area (TPSA) is 9.23 Å². The van der Waals surface area contributed by atoms with E-state index in [1.54, 1.807) is 7.11 Å². The summed E-state index contributed by atoms with van der Waals surface area (Å²) in [4.78, 5) is 0.414. The number of methoxy groups -OCH3 is 1.